The van der Waals surface area contributed by atoms with Crippen LogP contribution in [0.5, 0.6) is 0 Å². The molecule has 0 atom stereocenters. The fraction of sp³-hybridized carbons (Fsp3) is 0.389. The molecule has 3 aromatic heterocycles. The van der Waals surface area contributed by atoms with Crippen molar-refractivity contribution in [2.75, 3.05) is 31.1 Å². The lowest BCUT2D eigenvalue weighted by Crippen LogP contribution is -2.46. The van der Waals surface area contributed by atoms with Gasteiger partial charge in [-0.1, -0.05) is 5.16 Å². The third-order valence-corrected chi connectivity index (χ3v) is 4.42. The van der Waals surface area contributed by atoms with E-state index in [1.165, 1.54) is 5.69 Å². The summed E-state index contributed by atoms with van der Waals surface area (Å²) < 4.78 is 5.37. The summed E-state index contributed by atoms with van der Waals surface area (Å²) in [5, 5.41) is 4.00. The summed E-state index contributed by atoms with van der Waals surface area (Å²) >= 11 is 0. The van der Waals surface area contributed by atoms with Gasteiger partial charge in [-0.3, -0.25) is 14.9 Å². The molecule has 0 saturated carbocycles. The molecular weight excluding hydrogens is 330 g/mol. The number of anilines is 1. The molecule has 0 radical (unpaired) electrons. The lowest BCUT2D eigenvalue weighted by atomic mass is 10.2. The minimum Gasteiger partial charge on any atom is -0.369 e. The Balaban J connectivity index is 1.36. The molecule has 0 spiro atoms. The van der Waals surface area contributed by atoms with Crippen LogP contribution in [0.1, 0.15) is 17.3 Å². The zero-order valence-corrected chi connectivity index (χ0v) is 15.0. The largest absolute Gasteiger partial charge is 0.369 e. The molecule has 4 heterocycles. The molecule has 3 aromatic rings. The summed E-state index contributed by atoms with van der Waals surface area (Å²) in [6.07, 6.45) is 4.87. The number of rotatable bonds is 4. The zero-order valence-electron chi connectivity index (χ0n) is 15.0. The quantitative estimate of drug-likeness (QED) is 0.704. The van der Waals surface area contributed by atoms with Crippen molar-refractivity contribution in [3.05, 3.63) is 48.0 Å². The molecule has 1 aliphatic heterocycles. The van der Waals surface area contributed by atoms with Crippen LogP contribution in [0.4, 0.5) is 5.69 Å². The van der Waals surface area contributed by atoms with Crippen molar-refractivity contribution >= 4 is 5.69 Å². The fourth-order valence-electron chi connectivity index (χ4n) is 3.19. The smallest absolute Gasteiger partial charge is 0.241 e. The number of aryl methyl sites for hydroxylation is 2. The highest BCUT2D eigenvalue weighted by Gasteiger charge is 2.20. The van der Waals surface area contributed by atoms with E-state index in [9.17, 15) is 0 Å². The second-order valence-electron chi connectivity index (χ2n) is 6.47. The Bertz CT molecular complexity index is 852. The van der Waals surface area contributed by atoms with Gasteiger partial charge in [-0.25, -0.2) is 4.98 Å². The van der Waals surface area contributed by atoms with Crippen molar-refractivity contribution in [1.82, 2.24) is 30.0 Å². The molecule has 0 aliphatic carbocycles. The van der Waals surface area contributed by atoms with Crippen LogP contribution in [-0.2, 0) is 6.54 Å². The molecule has 0 unspecified atom stereocenters. The average molecular weight is 351 g/mol. The standard InChI is InChI=1S/C18H21N7O/c1-13-9-15(10-14(2)21-13)25-7-5-24(6-8-25)12-17-22-18(23-26-17)16-11-19-3-4-20-16/h3-4,9-11H,5-8,12H2,1-2H3. The summed E-state index contributed by atoms with van der Waals surface area (Å²) in [6, 6.07) is 4.29. The van der Waals surface area contributed by atoms with Gasteiger partial charge in [0.25, 0.3) is 0 Å². The van der Waals surface area contributed by atoms with Crippen LogP contribution in [0.3, 0.4) is 0 Å². The topological polar surface area (TPSA) is 84.1 Å². The Morgan fingerprint density at radius 2 is 1.77 bits per heavy atom. The molecule has 0 amide bonds. The van der Waals surface area contributed by atoms with Crippen molar-refractivity contribution in [2.24, 2.45) is 0 Å². The number of hydrogen-bond donors (Lipinski definition) is 0. The second kappa shape index (κ2) is 7.17. The molecule has 26 heavy (non-hydrogen) atoms. The molecule has 0 bridgehead atoms. The molecule has 134 valence electrons. The minimum absolute atomic E-state index is 0.481. The van der Waals surface area contributed by atoms with Crippen LogP contribution < -0.4 is 4.90 Å². The molecule has 1 fully saturated rings. The van der Waals surface area contributed by atoms with Crippen LogP contribution >= 0.6 is 0 Å². The van der Waals surface area contributed by atoms with Crippen LogP contribution in [0.25, 0.3) is 11.5 Å². The maximum atomic E-state index is 5.37. The van der Waals surface area contributed by atoms with E-state index in [1.807, 2.05) is 13.8 Å². The van der Waals surface area contributed by atoms with E-state index < -0.39 is 0 Å². The highest BCUT2D eigenvalue weighted by Crippen LogP contribution is 2.19. The van der Waals surface area contributed by atoms with Gasteiger partial charge in [0.1, 0.15) is 5.69 Å². The molecule has 8 heteroatoms. The molecule has 1 saturated heterocycles. The first kappa shape index (κ1) is 16.6. The number of pyridine rings is 1. The predicted octanol–water partition coefficient (Wildman–Crippen LogP) is 1.86. The van der Waals surface area contributed by atoms with Crippen LogP contribution in [0, 0.1) is 13.8 Å². The van der Waals surface area contributed by atoms with Crippen molar-refractivity contribution in [3.63, 3.8) is 0 Å². The van der Waals surface area contributed by atoms with E-state index in [-0.39, 0.29) is 0 Å². The van der Waals surface area contributed by atoms with Gasteiger partial charge in [0.2, 0.25) is 11.7 Å². The van der Waals surface area contributed by atoms with Gasteiger partial charge in [-0.2, -0.15) is 4.98 Å². The second-order valence-corrected chi connectivity index (χ2v) is 6.47. The Kier molecular flexibility index (Phi) is 4.57. The first-order chi connectivity index (χ1) is 12.7. The van der Waals surface area contributed by atoms with Crippen LogP contribution in [0.2, 0.25) is 0 Å². The predicted molar refractivity (Wildman–Crippen MR) is 96.5 cm³/mol. The summed E-state index contributed by atoms with van der Waals surface area (Å²) in [5.41, 5.74) is 3.99. The van der Waals surface area contributed by atoms with Gasteiger partial charge in [-0.15, -0.1) is 0 Å². The number of nitrogens with zero attached hydrogens (tertiary/aromatic N) is 7. The van der Waals surface area contributed by atoms with Gasteiger partial charge < -0.3 is 9.42 Å². The molecular formula is C18H21N7O. The SMILES string of the molecule is Cc1cc(N2CCN(Cc3nc(-c4cnccn4)no3)CC2)cc(C)n1. The molecule has 0 aromatic carbocycles. The third-order valence-electron chi connectivity index (χ3n) is 4.42. The van der Waals surface area contributed by atoms with Crippen molar-refractivity contribution in [2.45, 2.75) is 20.4 Å². The van der Waals surface area contributed by atoms with E-state index in [4.69, 9.17) is 4.52 Å². The monoisotopic (exact) mass is 351 g/mol. The Morgan fingerprint density at radius 1 is 1.00 bits per heavy atom. The Hall–Kier alpha value is -2.87. The Labute approximate surface area is 151 Å². The van der Waals surface area contributed by atoms with Crippen molar-refractivity contribution < 1.29 is 4.52 Å². The zero-order chi connectivity index (χ0) is 17.9. The van der Waals surface area contributed by atoms with E-state index in [0.29, 0.717) is 24.0 Å². The maximum absolute atomic E-state index is 5.37. The molecule has 1 aliphatic rings. The van der Waals surface area contributed by atoms with E-state index in [1.54, 1.807) is 18.6 Å². The average Bonchev–Trinajstić information content (AvgIpc) is 3.11. The van der Waals surface area contributed by atoms with Crippen molar-refractivity contribution in [1.29, 1.82) is 0 Å². The Morgan fingerprint density at radius 3 is 2.46 bits per heavy atom. The van der Waals surface area contributed by atoms with Gasteiger partial charge in [0.15, 0.2) is 0 Å². The van der Waals surface area contributed by atoms with Gasteiger partial charge in [0.05, 0.1) is 12.7 Å². The fourth-order valence-corrected chi connectivity index (χ4v) is 3.19. The van der Waals surface area contributed by atoms with Crippen LogP contribution in [0.15, 0.2) is 35.2 Å². The van der Waals surface area contributed by atoms with Crippen molar-refractivity contribution in [3.8, 4) is 11.5 Å². The third kappa shape index (κ3) is 3.70. The highest BCUT2D eigenvalue weighted by atomic mass is 16.5. The first-order valence-corrected chi connectivity index (χ1v) is 8.69. The summed E-state index contributed by atoms with van der Waals surface area (Å²) in [5.74, 6) is 1.09. The van der Waals surface area contributed by atoms with Crippen LogP contribution in [-0.4, -0.2) is 56.2 Å². The molecule has 0 N–H and O–H groups in total. The lowest BCUT2D eigenvalue weighted by molar-refractivity contribution is 0.215. The van der Waals surface area contributed by atoms with E-state index in [0.717, 1.165) is 37.6 Å². The first-order valence-electron chi connectivity index (χ1n) is 8.69. The number of hydrogen-bond acceptors (Lipinski definition) is 8. The molecule has 4 rings (SSSR count). The summed E-state index contributed by atoms with van der Waals surface area (Å²) in [6.45, 7) is 8.55. The van der Waals surface area contributed by atoms with Gasteiger partial charge in [-0.05, 0) is 26.0 Å². The summed E-state index contributed by atoms with van der Waals surface area (Å²) in [4.78, 5) is 21.8. The van der Waals surface area contributed by atoms with E-state index in [2.05, 4.69) is 47.0 Å². The van der Waals surface area contributed by atoms with Gasteiger partial charge >= 0.3 is 0 Å². The highest BCUT2D eigenvalue weighted by molar-refractivity contribution is 5.48. The lowest BCUT2D eigenvalue weighted by Gasteiger charge is -2.35. The number of piperazine rings is 1. The number of aromatic nitrogens is 5. The van der Waals surface area contributed by atoms with Gasteiger partial charge in [0, 0.05) is 55.6 Å². The summed E-state index contributed by atoms with van der Waals surface area (Å²) in [7, 11) is 0. The minimum atomic E-state index is 0.481. The van der Waals surface area contributed by atoms with E-state index >= 15 is 0 Å². The normalized spacial score (nSPS) is 15.4. The maximum Gasteiger partial charge on any atom is 0.241 e. The molecule has 8 nitrogen and oxygen atoms in total.